The van der Waals surface area contributed by atoms with Gasteiger partial charge in [-0.15, -0.1) is 0 Å². The lowest BCUT2D eigenvalue weighted by Crippen LogP contribution is -2.40. The first kappa shape index (κ1) is 13.8. The Morgan fingerprint density at radius 2 is 1.74 bits per heavy atom. The number of alkyl halides is 3. The molecule has 1 unspecified atom stereocenters. The first-order chi connectivity index (χ1) is 8.93. The fourth-order valence-electron chi connectivity index (χ4n) is 1.62. The maximum atomic E-state index is 13.1. The number of aliphatic hydroxyl groups is 1. The highest BCUT2D eigenvalue weighted by Crippen LogP contribution is 2.41. The van der Waals surface area contributed by atoms with Crippen molar-refractivity contribution in [1.82, 2.24) is 0 Å². The minimum Gasteiger partial charge on any atom is -0.373 e. The SMILES string of the molecule is OC(C=Cc1ccccc1)(c1ccsc1)C(F)(F)F. The molecule has 1 aromatic carbocycles. The topological polar surface area (TPSA) is 20.2 Å². The molecule has 2 rings (SSSR count). The Morgan fingerprint density at radius 3 is 2.26 bits per heavy atom. The third-order valence-electron chi connectivity index (χ3n) is 2.71. The molecule has 100 valence electrons. The van der Waals surface area contributed by atoms with Crippen LogP contribution in [0.25, 0.3) is 6.08 Å². The Labute approximate surface area is 112 Å². The molecule has 0 radical (unpaired) electrons. The van der Waals surface area contributed by atoms with Gasteiger partial charge in [-0.3, -0.25) is 0 Å². The first-order valence-corrected chi connectivity index (χ1v) is 6.44. The van der Waals surface area contributed by atoms with Crippen molar-refractivity contribution in [3.63, 3.8) is 0 Å². The van der Waals surface area contributed by atoms with E-state index in [1.165, 1.54) is 22.9 Å². The highest BCUT2D eigenvalue weighted by atomic mass is 32.1. The Hall–Kier alpha value is -1.59. The van der Waals surface area contributed by atoms with Gasteiger partial charge in [0.2, 0.25) is 5.60 Å². The minimum atomic E-state index is -4.76. The number of hydrogen-bond acceptors (Lipinski definition) is 2. The van der Waals surface area contributed by atoms with E-state index in [2.05, 4.69) is 0 Å². The van der Waals surface area contributed by atoms with Crippen molar-refractivity contribution in [2.45, 2.75) is 11.8 Å². The summed E-state index contributed by atoms with van der Waals surface area (Å²) >= 11 is 1.11. The number of halogens is 3. The zero-order chi connectivity index (χ0) is 13.9. The van der Waals surface area contributed by atoms with Crippen LogP contribution in [0.2, 0.25) is 0 Å². The van der Waals surface area contributed by atoms with Crippen LogP contribution in [0.3, 0.4) is 0 Å². The lowest BCUT2D eigenvalue weighted by Gasteiger charge is -2.26. The molecule has 0 bridgehead atoms. The second-order valence-corrected chi connectivity index (χ2v) is 4.80. The summed E-state index contributed by atoms with van der Waals surface area (Å²) in [6.07, 6.45) is -2.71. The molecular weight excluding hydrogens is 273 g/mol. The average Bonchev–Trinajstić information content (AvgIpc) is 2.90. The highest BCUT2D eigenvalue weighted by molar-refractivity contribution is 7.08. The van der Waals surface area contributed by atoms with Gasteiger partial charge in [0.15, 0.2) is 0 Å². The first-order valence-electron chi connectivity index (χ1n) is 5.49. The van der Waals surface area contributed by atoms with E-state index in [-0.39, 0.29) is 5.56 Å². The van der Waals surface area contributed by atoms with E-state index in [1.807, 2.05) is 0 Å². The van der Waals surface area contributed by atoms with Crippen LogP contribution in [0.1, 0.15) is 11.1 Å². The minimum absolute atomic E-state index is 0.169. The van der Waals surface area contributed by atoms with E-state index >= 15 is 0 Å². The molecule has 0 aliphatic rings. The van der Waals surface area contributed by atoms with Crippen LogP contribution in [0.5, 0.6) is 0 Å². The van der Waals surface area contributed by atoms with Crippen molar-refractivity contribution in [1.29, 1.82) is 0 Å². The van der Waals surface area contributed by atoms with Gasteiger partial charge in [-0.1, -0.05) is 36.4 Å². The molecule has 1 heterocycles. The van der Waals surface area contributed by atoms with Crippen LogP contribution in [0.4, 0.5) is 13.2 Å². The molecule has 1 N–H and O–H groups in total. The number of rotatable bonds is 3. The molecule has 2 aromatic rings. The molecular formula is C14H11F3OS. The second-order valence-electron chi connectivity index (χ2n) is 4.02. The van der Waals surface area contributed by atoms with Gasteiger partial charge in [0.1, 0.15) is 0 Å². The predicted octanol–water partition coefficient (Wildman–Crippen LogP) is 4.21. The average molecular weight is 284 g/mol. The molecule has 0 fully saturated rings. The molecule has 19 heavy (non-hydrogen) atoms. The Balaban J connectivity index is 2.38. The van der Waals surface area contributed by atoms with Crippen LogP contribution >= 0.6 is 11.3 Å². The fraction of sp³-hybridized carbons (Fsp3) is 0.143. The standard InChI is InChI=1S/C14H11F3OS/c15-14(16,17)13(18,12-7-9-19-10-12)8-6-11-4-2-1-3-5-11/h1-10,18H. The quantitative estimate of drug-likeness (QED) is 0.895. The number of benzene rings is 1. The number of thiophene rings is 1. The third-order valence-corrected chi connectivity index (χ3v) is 3.39. The summed E-state index contributed by atoms with van der Waals surface area (Å²) in [5, 5.41) is 12.8. The van der Waals surface area contributed by atoms with E-state index in [0.29, 0.717) is 5.56 Å². The zero-order valence-corrected chi connectivity index (χ0v) is 10.6. The smallest absolute Gasteiger partial charge is 0.373 e. The summed E-state index contributed by atoms with van der Waals surface area (Å²) in [5.41, 5.74) is -2.53. The molecule has 0 amide bonds. The van der Waals surface area contributed by atoms with Crippen molar-refractivity contribution in [2.24, 2.45) is 0 Å². The summed E-state index contributed by atoms with van der Waals surface area (Å²) in [6, 6.07) is 9.81. The summed E-state index contributed by atoms with van der Waals surface area (Å²) in [6.45, 7) is 0. The van der Waals surface area contributed by atoms with Gasteiger partial charge in [-0.2, -0.15) is 24.5 Å². The fourth-order valence-corrected chi connectivity index (χ4v) is 2.33. The monoisotopic (exact) mass is 284 g/mol. The van der Waals surface area contributed by atoms with Crippen molar-refractivity contribution < 1.29 is 18.3 Å². The molecule has 0 spiro atoms. The Morgan fingerprint density at radius 1 is 1.05 bits per heavy atom. The van der Waals surface area contributed by atoms with Gasteiger partial charge in [0.05, 0.1) is 0 Å². The highest BCUT2D eigenvalue weighted by Gasteiger charge is 2.53. The maximum Gasteiger partial charge on any atom is 0.425 e. The lowest BCUT2D eigenvalue weighted by atomic mass is 9.94. The van der Waals surface area contributed by atoms with E-state index in [4.69, 9.17) is 0 Å². The van der Waals surface area contributed by atoms with E-state index in [1.54, 1.807) is 30.3 Å². The van der Waals surface area contributed by atoms with Crippen molar-refractivity contribution >= 4 is 17.4 Å². The van der Waals surface area contributed by atoms with E-state index < -0.39 is 11.8 Å². The Kier molecular flexibility index (Phi) is 3.78. The zero-order valence-electron chi connectivity index (χ0n) is 9.76. The van der Waals surface area contributed by atoms with Crippen molar-refractivity contribution in [3.05, 3.63) is 64.4 Å². The summed E-state index contributed by atoms with van der Waals surface area (Å²) in [5.74, 6) is 0. The van der Waals surface area contributed by atoms with Crippen molar-refractivity contribution in [2.75, 3.05) is 0 Å². The van der Waals surface area contributed by atoms with Crippen LogP contribution < -0.4 is 0 Å². The largest absolute Gasteiger partial charge is 0.425 e. The molecule has 0 saturated heterocycles. The molecule has 1 nitrogen and oxygen atoms in total. The predicted molar refractivity (Wildman–Crippen MR) is 69.7 cm³/mol. The van der Waals surface area contributed by atoms with Gasteiger partial charge in [0.25, 0.3) is 0 Å². The van der Waals surface area contributed by atoms with Gasteiger partial charge < -0.3 is 5.11 Å². The Bertz CT molecular complexity index is 546. The van der Waals surface area contributed by atoms with Gasteiger partial charge in [-0.25, -0.2) is 0 Å². The van der Waals surface area contributed by atoms with Crippen LogP contribution in [-0.4, -0.2) is 11.3 Å². The third kappa shape index (κ3) is 2.88. The molecule has 0 aliphatic carbocycles. The second kappa shape index (κ2) is 5.19. The summed E-state index contributed by atoms with van der Waals surface area (Å²) in [4.78, 5) is 0. The van der Waals surface area contributed by atoms with Crippen LogP contribution in [0.15, 0.2) is 53.2 Å². The summed E-state index contributed by atoms with van der Waals surface area (Å²) in [7, 11) is 0. The van der Waals surface area contributed by atoms with E-state index in [0.717, 1.165) is 17.4 Å². The van der Waals surface area contributed by atoms with E-state index in [9.17, 15) is 18.3 Å². The number of hydrogen-bond donors (Lipinski definition) is 1. The maximum absolute atomic E-state index is 13.1. The normalized spacial score (nSPS) is 15.6. The van der Waals surface area contributed by atoms with Crippen molar-refractivity contribution in [3.8, 4) is 0 Å². The van der Waals surface area contributed by atoms with Gasteiger partial charge in [0, 0.05) is 5.56 Å². The lowest BCUT2D eigenvalue weighted by molar-refractivity contribution is -0.244. The molecule has 5 heteroatoms. The van der Waals surface area contributed by atoms with Crippen LogP contribution in [0, 0.1) is 0 Å². The summed E-state index contributed by atoms with van der Waals surface area (Å²) < 4.78 is 39.2. The van der Waals surface area contributed by atoms with Gasteiger partial charge >= 0.3 is 6.18 Å². The molecule has 1 atom stereocenters. The van der Waals surface area contributed by atoms with Crippen LogP contribution in [-0.2, 0) is 5.60 Å². The molecule has 1 aromatic heterocycles. The van der Waals surface area contributed by atoms with Gasteiger partial charge in [-0.05, 0) is 28.5 Å². The molecule has 0 saturated carbocycles. The molecule has 0 aliphatic heterocycles.